The Bertz CT molecular complexity index is 1020. The summed E-state index contributed by atoms with van der Waals surface area (Å²) in [5, 5.41) is 0. The van der Waals surface area contributed by atoms with Gasteiger partial charge in [-0.25, -0.2) is 4.98 Å². The Kier molecular flexibility index (Phi) is 4.29. The number of hydrogen-bond acceptors (Lipinski definition) is 3. The summed E-state index contributed by atoms with van der Waals surface area (Å²) in [6.07, 6.45) is 0.648. The molecule has 1 amide bonds. The van der Waals surface area contributed by atoms with Crippen LogP contribution in [-0.4, -0.2) is 27.3 Å². The molecule has 2 aromatic carbocycles. The Morgan fingerprint density at radius 3 is 2.85 bits per heavy atom. The topological polar surface area (TPSA) is 66.1 Å². The molecule has 3 aromatic rings. The largest absolute Gasteiger partial charge is 0.338 e. The molecule has 4 rings (SSSR count). The van der Waals surface area contributed by atoms with Crippen LogP contribution in [0, 0.1) is 0 Å². The van der Waals surface area contributed by atoms with Gasteiger partial charge in [0, 0.05) is 25.9 Å². The Balaban J connectivity index is 1.48. The van der Waals surface area contributed by atoms with Gasteiger partial charge in [-0.15, -0.1) is 0 Å². The smallest absolute Gasteiger partial charge is 0.270 e. The number of rotatable bonds is 3. The van der Waals surface area contributed by atoms with Gasteiger partial charge in [0.15, 0.2) is 0 Å². The van der Waals surface area contributed by atoms with Gasteiger partial charge in [0.25, 0.3) is 5.56 Å². The van der Waals surface area contributed by atoms with Crippen molar-refractivity contribution in [3.8, 4) is 0 Å². The van der Waals surface area contributed by atoms with Crippen LogP contribution in [0.2, 0.25) is 0 Å². The van der Waals surface area contributed by atoms with Crippen molar-refractivity contribution in [3.63, 3.8) is 0 Å². The monoisotopic (exact) mass is 347 g/mol. The average Bonchev–Trinajstić information content (AvgIpc) is 2.66. The summed E-state index contributed by atoms with van der Waals surface area (Å²) in [5.74, 6) is 0.395. The third-order valence-electron chi connectivity index (χ3n) is 5.04. The lowest BCUT2D eigenvalue weighted by Gasteiger charge is -2.33. The maximum absolute atomic E-state index is 12.7. The molecule has 1 N–H and O–H groups in total. The van der Waals surface area contributed by atoms with Crippen molar-refractivity contribution >= 4 is 16.9 Å². The van der Waals surface area contributed by atoms with Crippen molar-refractivity contribution in [2.75, 3.05) is 6.54 Å². The highest BCUT2D eigenvalue weighted by Gasteiger charge is 2.25. The molecule has 0 fully saturated rings. The van der Waals surface area contributed by atoms with Crippen LogP contribution >= 0.6 is 0 Å². The number of nitrogens with zero attached hydrogens (tertiary/aromatic N) is 2. The second-order valence-corrected chi connectivity index (χ2v) is 6.90. The lowest BCUT2D eigenvalue weighted by atomic mass is 9.91. The number of aromatic nitrogens is 2. The molecule has 1 aliphatic heterocycles. The average molecular weight is 347 g/mol. The predicted molar refractivity (Wildman–Crippen MR) is 101 cm³/mol. The molecule has 2 heterocycles. The van der Waals surface area contributed by atoms with Crippen LogP contribution in [0.5, 0.6) is 0 Å². The van der Waals surface area contributed by atoms with E-state index in [0.29, 0.717) is 36.5 Å². The SMILES string of the molecule is CC1CN(C(=O)CCc2nc3ccccc3[nH]c2=O)Cc2ccccc21. The Hall–Kier alpha value is -2.95. The third kappa shape index (κ3) is 3.12. The van der Waals surface area contributed by atoms with Crippen LogP contribution in [0.3, 0.4) is 0 Å². The van der Waals surface area contributed by atoms with Crippen LogP contribution in [0.25, 0.3) is 11.0 Å². The summed E-state index contributed by atoms with van der Waals surface area (Å²) in [7, 11) is 0. The van der Waals surface area contributed by atoms with Crippen molar-refractivity contribution in [1.82, 2.24) is 14.9 Å². The Morgan fingerprint density at radius 1 is 1.19 bits per heavy atom. The van der Waals surface area contributed by atoms with Crippen LogP contribution in [0.4, 0.5) is 0 Å². The minimum absolute atomic E-state index is 0.0701. The molecule has 132 valence electrons. The summed E-state index contributed by atoms with van der Waals surface area (Å²) in [5.41, 5.74) is 4.20. The zero-order valence-corrected chi connectivity index (χ0v) is 14.7. The standard InChI is InChI=1S/C21H21N3O2/c1-14-12-24(13-15-6-2-3-7-16(14)15)20(25)11-10-19-21(26)23-18-9-5-4-8-17(18)22-19/h2-9,14H,10-13H2,1H3,(H,23,26). The first-order valence-corrected chi connectivity index (χ1v) is 8.95. The number of benzene rings is 2. The molecule has 5 nitrogen and oxygen atoms in total. The molecule has 1 atom stereocenters. The van der Waals surface area contributed by atoms with E-state index in [1.807, 2.05) is 41.3 Å². The number of amides is 1. The van der Waals surface area contributed by atoms with Crippen molar-refractivity contribution in [2.24, 2.45) is 0 Å². The molecule has 0 spiro atoms. The van der Waals surface area contributed by atoms with Gasteiger partial charge in [-0.1, -0.05) is 43.3 Å². The molecule has 0 radical (unpaired) electrons. The fourth-order valence-corrected chi connectivity index (χ4v) is 3.67. The maximum Gasteiger partial charge on any atom is 0.270 e. The van der Waals surface area contributed by atoms with Crippen molar-refractivity contribution < 1.29 is 4.79 Å². The number of para-hydroxylation sites is 2. The Morgan fingerprint density at radius 2 is 1.96 bits per heavy atom. The van der Waals surface area contributed by atoms with E-state index in [1.54, 1.807) is 0 Å². The summed E-state index contributed by atoms with van der Waals surface area (Å²) in [4.78, 5) is 34.0. The van der Waals surface area contributed by atoms with E-state index < -0.39 is 0 Å². The summed E-state index contributed by atoms with van der Waals surface area (Å²) in [6, 6.07) is 15.7. The second-order valence-electron chi connectivity index (χ2n) is 6.90. The van der Waals surface area contributed by atoms with Crippen molar-refractivity contribution in [1.29, 1.82) is 0 Å². The van der Waals surface area contributed by atoms with E-state index in [0.717, 1.165) is 12.1 Å². The first-order valence-electron chi connectivity index (χ1n) is 8.95. The first kappa shape index (κ1) is 16.5. The van der Waals surface area contributed by atoms with Gasteiger partial charge in [0.1, 0.15) is 5.69 Å². The first-order chi connectivity index (χ1) is 12.6. The highest BCUT2D eigenvalue weighted by atomic mass is 16.2. The molecular weight excluding hydrogens is 326 g/mol. The number of aryl methyl sites for hydroxylation is 1. The number of carbonyl (C=O) groups is 1. The third-order valence-corrected chi connectivity index (χ3v) is 5.04. The summed E-state index contributed by atoms with van der Waals surface area (Å²) in [6.45, 7) is 3.51. The molecular formula is C21H21N3O2. The van der Waals surface area contributed by atoms with Crippen LogP contribution < -0.4 is 5.56 Å². The maximum atomic E-state index is 12.7. The number of carbonyl (C=O) groups excluding carboxylic acids is 1. The molecule has 0 bridgehead atoms. The van der Waals surface area contributed by atoms with Crippen LogP contribution in [-0.2, 0) is 17.8 Å². The van der Waals surface area contributed by atoms with E-state index in [4.69, 9.17) is 0 Å². The summed E-state index contributed by atoms with van der Waals surface area (Å²) >= 11 is 0. The highest BCUT2D eigenvalue weighted by Crippen LogP contribution is 2.28. The molecule has 1 aromatic heterocycles. The van der Waals surface area contributed by atoms with E-state index in [9.17, 15) is 9.59 Å². The normalized spacial score (nSPS) is 16.5. The highest BCUT2D eigenvalue weighted by molar-refractivity contribution is 5.77. The number of aromatic amines is 1. The van der Waals surface area contributed by atoms with Gasteiger partial charge in [0.2, 0.25) is 5.91 Å². The van der Waals surface area contributed by atoms with Crippen molar-refractivity contribution in [3.05, 3.63) is 75.7 Å². The molecule has 0 saturated heterocycles. The molecule has 26 heavy (non-hydrogen) atoms. The fourth-order valence-electron chi connectivity index (χ4n) is 3.67. The van der Waals surface area contributed by atoms with E-state index in [2.05, 4.69) is 29.0 Å². The lowest BCUT2D eigenvalue weighted by molar-refractivity contribution is -0.132. The van der Waals surface area contributed by atoms with E-state index >= 15 is 0 Å². The lowest BCUT2D eigenvalue weighted by Crippen LogP contribution is -2.37. The van der Waals surface area contributed by atoms with E-state index in [-0.39, 0.29) is 11.5 Å². The number of nitrogens with one attached hydrogen (secondary N) is 1. The number of H-pyrrole nitrogens is 1. The zero-order chi connectivity index (χ0) is 18.1. The van der Waals surface area contributed by atoms with Gasteiger partial charge >= 0.3 is 0 Å². The minimum Gasteiger partial charge on any atom is -0.338 e. The number of hydrogen-bond donors (Lipinski definition) is 1. The summed E-state index contributed by atoms with van der Waals surface area (Å²) < 4.78 is 0. The zero-order valence-electron chi connectivity index (χ0n) is 14.7. The molecule has 0 aliphatic carbocycles. The van der Waals surface area contributed by atoms with Gasteiger partial charge in [0.05, 0.1) is 11.0 Å². The minimum atomic E-state index is -0.214. The number of fused-ring (bicyclic) bond motifs is 2. The van der Waals surface area contributed by atoms with Crippen LogP contribution in [0.15, 0.2) is 53.3 Å². The molecule has 0 saturated carbocycles. The second kappa shape index (κ2) is 6.75. The molecule has 1 unspecified atom stereocenters. The van der Waals surface area contributed by atoms with Crippen molar-refractivity contribution in [2.45, 2.75) is 32.2 Å². The van der Waals surface area contributed by atoms with E-state index in [1.165, 1.54) is 11.1 Å². The van der Waals surface area contributed by atoms with Gasteiger partial charge in [-0.3, -0.25) is 9.59 Å². The quantitative estimate of drug-likeness (QED) is 0.792. The van der Waals surface area contributed by atoms with Gasteiger partial charge < -0.3 is 9.88 Å². The fraction of sp³-hybridized carbons (Fsp3) is 0.286. The van der Waals surface area contributed by atoms with Gasteiger partial charge in [-0.2, -0.15) is 0 Å². The molecule has 1 aliphatic rings. The molecule has 5 heteroatoms. The van der Waals surface area contributed by atoms with Crippen LogP contribution in [0.1, 0.15) is 36.1 Å². The van der Waals surface area contributed by atoms with Gasteiger partial charge in [-0.05, 0) is 29.2 Å². The predicted octanol–water partition coefficient (Wildman–Crippen LogP) is 3.00. The Labute approximate surface area is 151 Å².